The van der Waals surface area contributed by atoms with Gasteiger partial charge in [-0.1, -0.05) is 204 Å². The van der Waals surface area contributed by atoms with Crippen LogP contribution in [0, 0.1) is 0 Å². The molecular weight excluding hydrogens is 785 g/mol. The Hall–Kier alpha value is -2.08. The van der Waals surface area contributed by atoms with Crippen LogP contribution in [0.25, 0.3) is 0 Å². The number of rotatable bonds is 43. The van der Waals surface area contributed by atoms with Gasteiger partial charge in [-0.15, -0.1) is 0 Å². The lowest BCUT2D eigenvalue weighted by atomic mass is 9.99. The van der Waals surface area contributed by atoms with Crippen molar-refractivity contribution in [1.29, 1.82) is 0 Å². The predicted molar refractivity (Wildman–Crippen MR) is 252 cm³/mol. The lowest BCUT2D eigenvalue weighted by Crippen LogP contribution is -2.59. The molecule has 62 heavy (non-hydrogen) atoms. The number of unbranched alkanes of at least 4 members (excludes halogenated alkanes) is 26. The quantitative estimate of drug-likeness (QED) is 0.0265. The van der Waals surface area contributed by atoms with Gasteiger partial charge in [-0.2, -0.15) is 0 Å². The number of carbonyl (C=O) groups excluding carboxylic acids is 2. The van der Waals surface area contributed by atoms with E-state index in [1.54, 1.807) is 0 Å². The molecule has 0 aromatic heterocycles. The average Bonchev–Trinajstić information content (AvgIpc) is 3.27. The molecule has 1 aliphatic rings. The molecule has 1 heterocycles. The second kappa shape index (κ2) is 42.8. The molecule has 4 N–H and O–H groups in total. The highest BCUT2D eigenvalue weighted by atomic mass is 16.7. The van der Waals surface area contributed by atoms with E-state index in [2.05, 4.69) is 50.3 Å². The van der Waals surface area contributed by atoms with Gasteiger partial charge in [-0.3, -0.25) is 9.59 Å². The fourth-order valence-corrected chi connectivity index (χ4v) is 7.79. The summed E-state index contributed by atoms with van der Waals surface area (Å²) < 4.78 is 22.2. The Morgan fingerprint density at radius 1 is 0.516 bits per heavy atom. The first-order chi connectivity index (χ1) is 30.3. The molecule has 0 spiro atoms. The molecular formula is C52H94O10. The van der Waals surface area contributed by atoms with Crippen molar-refractivity contribution in [1.82, 2.24) is 0 Å². The zero-order valence-corrected chi connectivity index (χ0v) is 39.6. The summed E-state index contributed by atoms with van der Waals surface area (Å²) in [6, 6.07) is 0. The monoisotopic (exact) mass is 879 g/mol. The van der Waals surface area contributed by atoms with Gasteiger partial charge >= 0.3 is 11.9 Å². The number of hydrogen-bond acceptors (Lipinski definition) is 10. The van der Waals surface area contributed by atoms with Gasteiger partial charge in [0.25, 0.3) is 0 Å². The summed E-state index contributed by atoms with van der Waals surface area (Å²) in [6.07, 6.45) is 43.0. The third-order valence-corrected chi connectivity index (χ3v) is 11.8. The average molecular weight is 879 g/mol. The van der Waals surface area contributed by atoms with Crippen LogP contribution in [-0.4, -0.2) is 89.0 Å². The summed E-state index contributed by atoms with van der Waals surface area (Å²) in [5, 5.41) is 40.2. The molecule has 362 valence electrons. The van der Waals surface area contributed by atoms with Gasteiger partial charge < -0.3 is 39.4 Å². The van der Waals surface area contributed by atoms with Gasteiger partial charge in [0, 0.05) is 12.8 Å². The number of aliphatic hydroxyl groups excluding tert-OH is 4. The molecule has 1 saturated heterocycles. The molecule has 0 bridgehead atoms. The number of allylic oxidation sites excluding steroid dienone is 6. The third-order valence-electron chi connectivity index (χ3n) is 11.8. The summed E-state index contributed by atoms with van der Waals surface area (Å²) in [5.74, 6) is -0.817. The molecule has 6 atom stereocenters. The van der Waals surface area contributed by atoms with Crippen molar-refractivity contribution in [2.75, 3.05) is 19.8 Å². The molecule has 0 amide bonds. The third kappa shape index (κ3) is 33.4. The van der Waals surface area contributed by atoms with Crippen LogP contribution >= 0.6 is 0 Å². The summed E-state index contributed by atoms with van der Waals surface area (Å²) in [7, 11) is 0. The fourth-order valence-electron chi connectivity index (χ4n) is 7.79. The van der Waals surface area contributed by atoms with Crippen molar-refractivity contribution in [2.24, 2.45) is 0 Å². The van der Waals surface area contributed by atoms with Gasteiger partial charge in [-0.05, 0) is 44.9 Å². The van der Waals surface area contributed by atoms with Crippen molar-refractivity contribution < 1.29 is 49.0 Å². The number of aliphatic hydroxyl groups is 4. The lowest BCUT2D eigenvalue weighted by Gasteiger charge is -2.39. The van der Waals surface area contributed by atoms with Crippen LogP contribution in [-0.2, 0) is 28.5 Å². The maximum atomic E-state index is 12.8. The van der Waals surface area contributed by atoms with Gasteiger partial charge in [0.2, 0.25) is 0 Å². The van der Waals surface area contributed by atoms with Crippen LogP contribution in [0.2, 0.25) is 0 Å². The largest absolute Gasteiger partial charge is 0.462 e. The minimum atomic E-state index is -1.60. The molecule has 0 radical (unpaired) electrons. The second-order valence-electron chi connectivity index (χ2n) is 17.6. The van der Waals surface area contributed by atoms with Gasteiger partial charge in [0.15, 0.2) is 12.4 Å². The van der Waals surface area contributed by atoms with E-state index in [9.17, 15) is 30.0 Å². The van der Waals surface area contributed by atoms with Crippen molar-refractivity contribution >= 4 is 11.9 Å². The Bertz CT molecular complexity index is 1110. The molecule has 10 heteroatoms. The summed E-state index contributed by atoms with van der Waals surface area (Å²) in [5.41, 5.74) is 0. The summed E-state index contributed by atoms with van der Waals surface area (Å²) in [4.78, 5) is 25.4. The fraction of sp³-hybridized carbons (Fsp3) is 0.846. The van der Waals surface area contributed by atoms with Crippen LogP contribution < -0.4 is 0 Å². The zero-order chi connectivity index (χ0) is 45.1. The van der Waals surface area contributed by atoms with E-state index in [-0.39, 0.29) is 32.0 Å². The molecule has 1 fully saturated rings. The summed E-state index contributed by atoms with van der Waals surface area (Å²) in [6.45, 7) is 3.32. The van der Waals surface area contributed by atoms with Crippen LogP contribution in [0.5, 0.6) is 0 Å². The van der Waals surface area contributed by atoms with E-state index >= 15 is 0 Å². The zero-order valence-electron chi connectivity index (χ0n) is 39.6. The van der Waals surface area contributed by atoms with Gasteiger partial charge in [0.1, 0.15) is 31.0 Å². The predicted octanol–water partition coefficient (Wildman–Crippen LogP) is 11.8. The van der Waals surface area contributed by atoms with E-state index in [0.29, 0.717) is 6.42 Å². The van der Waals surface area contributed by atoms with E-state index in [4.69, 9.17) is 18.9 Å². The molecule has 2 unspecified atom stereocenters. The van der Waals surface area contributed by atoms with Gasteiger partial charge in [-0.25, -0.2) is 0 Å². The second-order valence-corrected chi connectivity index (χ2v) is 17.6. The van der Waals surface area contributed by atoms with Crippen molar-refractivity contribution in [3.8, 4) is 0 Å². The number of ether oxygens (including phenoxy) is 4. The standard InChI is InChI=1S/C52H94O10/c1-3-5-7-9-11-13-15-17-19-20-21-22-23-24-25-27-28-30-32-34-36-38-40-47(54)59-43-45(44-60-52-51(58)50(57)49(56)46(42-53)62-52)61-48(55)41-39-37-35-33-31-29-26-18-16-14-12-10-8-6-4-2/h6,8,12,14,18,26,45-46,49-53,56-58H,3-5,7,9-11,13,15-17,19-25,27-44H2,1-2H3/b8-6+,14-12+,26-18+/t45-,46-,49+,50?,51?,52-/m0/s1. The van der Waals surface area contributed by atoms with E-state index in [1.807, 2.05) is 0 Å². The Morgan fingerprint density at radius 3 is 1.44 bits per heavy atom. The van der Waals surface area contributed by atoms with Gasteiger partial charge in [0.05, 0.1) is 13.2 Å². The van der Waals surface area contributed by atoms with Crippen LogP contribution in [0.15, 0.2) is 36.5 Å². The molecule has 1 rings (SSSR count). The SMILES string of the molecule is CC/C=C/C/C=C/C/C=C/CCCCCCCC(=O)O[C@@H](COC(=O)CCCCCCCCCCCCCCCCCCCCCCCC)CO[C@H]1O[C@@H](CO)[C@@H](O)C(O)C1O. The Kier molecular flexibility index (Phi) is 40.0. The number of esters is 2. The van der Waals surface area contributed by atoms with Crippen LogP contribution in [0.4, 0.5) is 0 Å². The highest BCUT2D eigenvalue weighted by molar-refractivity contribution is 5.70. The first kappa shape index (κ1) is 57.9. The number of carbonyl (C=O) groups is 2. The van der Waals surface area contributed by atoms with E-state index in [0.717, 1.165) is 70.6 Å². The van der Waals surface area contributed by atoms with Crippen molar-refractivity contribution in [2.45, 2.75) is 263 Å². The highest BCUT2D eigenvalue weighted by Crippen LogP contribution is 2.23. The Balaban J connectivity index is 2.23. The van der Waals surface area contributed by atoms with Crippen LogP contribution in [0.3, 0.4) is 0 Å². The Morgan fingerprint density at radius 2 is 0.952 bits per heavy atom. The molecule has 0 aliphatic carbocycles. The van der Waals surface area contributed by atoms with Crippen molar-refractivity contribution in [3.63, 3.8) is 0 Å². The lowest BCUT2D eigenvalue weighted by molar-refractivity contribution is -0.305. The molecule has 10 nitrogen and oxygen atoms in total. The molecule has 1 aliphatic heterocycles. The minimum Gasteiger partial charge on any atom is -0.462 e. The smallest absolute Gasteiger partial charge is 0.306 e. The van der Waals surface area contributed by atoms with Crippen LogP contribution in [0.1, 0.15) is 226 Å². The molecule has 0 saturated carbocycles. The highest BCUT2D eigenvalue weighted by Gasteiger charge is 2.44. The maximum absolute atomic E-state index is 12.8. The summed E-state index contributed by atoms with van der Waals surface area (Å²) >= 11 is 0. The van der Waals surface area contributed by atoms with Crippen molar-refractivity contribution in [3.05, 3.63) is 36.5 Å². The number of hydrogen-bond donors (Lipinski definition) is 4. The Labute approximate surface area is 378 Å². The molecule has 0 aromatic carbocycles. The maximum Gasteiger partial charge on any atom is 0.306 e. The first-order valence-electron chi connectivity index (χ1n) is 25.6. The van der Waals surface area contributed by atoms with E-state index in [1.165, 1.54) is 122 Å². The normalized spacial score (nSPS) is 19.9. The van der Waals surface area contributed by atoms with E-state index < -0.39 is 49.4 Å². The topological polar surface area (TPSA) is 152 Å². The minimum absolute atomic E-state index is 0.212. The first-order valence-corrected chi connectivity index (χ1v) is 25.6. The molecule has 0 aromatic rings.